The number of nitrogens with zero attached hydrogens (tertiary/aromatic N) is 2. The SMILES string of the molecule is CC1=C(c2ccccc2C#N)C(c2ccc(OCC(C)N3CCC(C)C3)cc2)Oc2ccc(O)cc21. The highest BCUT2D eigenvalue weighted by molar-refractivity contribution is 5.96. The Balaban J connectivity index is 1.44. The molecule has 3 unspecified atom stereocenters. The first-order valence-corrected chi connectivity index (χ1v) is 12.6. The van der Waals surface area contributed by atoms with Gasteiger partial charge < -0.3 is 14.6 Å². The maximum atomic E-state index is 10.1. The second kappa shape index (κ2) is 10.1. The van der Waals surface area contributed by atoms with Crippen LogP contribution < -0.4 is 9.47 Å². The van der Waals surface area contributed by atoms with E-state index in [1.165, 1.54) is 6.42 Å². The minimum absolute atomic E-state index is 0.183. The van der Waals surface area contributed by atoms with Gasteiger partial charge >= 0.3 is 0 Å². The van der Waals surface area contributed by atoms with Gasteiger partial charge in [0.2, 0.25) is 0 Å². The third-order valence-corrected chi connectivity index (χ3v) is 7.37. The zero-order valence-electron chi connectivity index (χ0n) is 21.1. The van der Waals surface area contributed by atoms with E-state index in [1.807, 2.05) is 55.5 Å². The van der Waals surface area contributed by atoms with Gasteiger partial charge in [-0.15, -0.1) is 0 Å². The summed E-state index contributed by atoms with van der Waals surface area (Å²) in [5.41, 5.74) is 5.15. The lowest BCUT2D eigenvalue weighted by Crippen LogP contribution is -2.35. The van der Waals surface area contributed by atoms with E-state index in [0.717, 1.165) is 52.6 Å². The van der Waals surface area contributed by atoms with Crippen molar-refractivity contribution < 1.29 is 14.6 Å². The summed E-state index contributed by atoms with van der Waals surface area (Å²) >= 11 is 0. The molecular formula is C31H32N2O3. The monoisotopic (exact) mass is 480 g/mol. The number of allylic oxidation sites excluding steroid dienone is 1. The van der Waals surface area contributed by atoms with Crippen LogP contribution in [-0.2, 0) is 0 Å². The standard InChI is InChI=1S/C31H32N2O3/c1-20-14-15-33(18-20)21(2)19-35-26-11-8-23(9-12-26)31-30(27-7-5-4-6-24(27)17-32)22(3)28-16-25(34)10-13-29(28)36-31/h4-13,16,20-21,31,34H,14-15,18-19H2,1-3H3. The molecule has 0 amide bonds. The third-order valence-electron chi connectivity index (χ3n) is 7.37. The summed E-state index contributed by atoms with van der Waals surface area (Å²) in [4.78, 5) is 2.50. The molecule has 1 N–H and O–H groups in total. The molecule has 2 heterocycles. The van der Waals surface area contributed by atoms with Crippen LogP contribution in [0.3, 0.4) is 0 Å². The number of fused-ring (bicyclic) bond motifs is 1. The van der Waals surface area contributed by atoms with Crippen molar-refractivity contribution in [3.8, 4) is 23.3 Å². The lowest BCUT2D eigenvalue weighted by Gasteiger charge is -2.31. The van der Waals surface area contributed by atoms with Crippen LogP contribution in [0, 0.1) is 17.2 Å². The molecule has 5 rings (SSSR count). The first-order valence-electron chi connectivity index (χ1n) is 12.6. The van der Waals surface area contributed by atoms with Crippen molar-refractivity contribution in [1.82, 2.24) is 4.90 Å². The average molecular weight is 481 g/mol. The van der Waals surface area contributed by atoms with Crippen molar-refractivity contribution in [2.75, 3.05) is 19.7 Å². The molecular weight excluding hydrogens is 448 g/mol. The lowest BCUT2D eigenvalue weighted by atomic mass is 9.84. The van der Waals surface area contributed by atoms with Gasteiger partial charge in [0.05, 0.1) is 11.6 Å². The van der Waals surface area contributed by atoms with Crippen LogP contribution in [0.25, 0.3) is 11.1 Å². The minimum Gasteiger partial charge on any atom is -0.508 e. The lowest BCUT2D eigenvalue weighted by molar-refractivity contribution is 0.169. The smallest absolute Gasteiger partial charge is 0.150 e. The van der Waals surface area contributed by atoms with Crippen molar-refractivity contribution >= 4 is 11.1 Å². The number of aromatic hydroxyl groups is 1. The molecule has 1 fully saturated rings. The quantitative estimate of drug-likeness (QED) is 0.440. The van der Waals surface area contributed by atoms with Crippen LogP contribution in [0.2, 0.25) is 0 Å². The highest BCUT2D eigenvalue weighted by atomic mass is 16.5. The molecule has 184 valence electrons. The molecule has 2 aliphatic rings. The van der Waals surface area contributed by atoms with Gasteiger partial charge in [0.1, 0.15) is 30.0 Å². The summed E-state index contributed by atoms with van der Waals surface area (Å²) in [6.45, 7) is 9.49. The predicted octanol–water partition coefficient (Wildman–Crippen LogP) is 6.44. The number of nitriles is 1. The van der Waals surface area contributed by atoms with Gasteiger partial charge in [-0.3, -0.25) is 4.90 Å². The molecule has 3 aromatic rings. The Morgan fingerprint density at radius 1 is 1.11 bits per heavy atom. The Morgan fingerprint density at radius 2 is 1.89 bits per heavy atom. The first kappa shape index (κ1) is 24.0. The number of phenols is 1. The maximum absolute atomic E-state index is 10.1. The Labute approximate surface area is 213 Å². The Morgan fingerprint density at radius 3 is 2.61 bits per heavy atom. The molecule has 0 aliphatic carbocycles. The van der Waals surface area contributed by atoms with Crippen molar-refractivity contribution in [2.45, 2.75) is 39.3 Å². The normalized spacial score (nSPS) is 20.4. The number of phenolic OH excluding ortho intramolecular Hbond substituents is 1. The fourth-order valence-electron chi connectivity index (χ4n) is 5.27. The van der Waals surface area contributed by atoms with Gasteiger partial charge in [-0.2, -0.15) is 5.26 Å². The summed E-state index contributed by atoms with van der Waals surface area (Å²) < 4.78 is 12.6. The van der Waals surface area contributed by atoms with Gasteiger partial charge in [-0.05, 0) is 85.8 Å². The fourth-order valence-corrected chi connectivity index (χ4v) is 5.27. The van der Waals surface area contributed by atoms with Gasteiger partial charge in [-0.25, -0.2) is 0 Å². The van der Waals surface area contributed by atoms with Gasteiger partial charge in [-0.1, -0.05) is 37.3 Å². The number of hydrogen-bond donors (Lipinski definition) is 1. The predicted molar refractivity (Wildman–Crippen MR) is 142 cm³/mol. The second-order valence-corrected chi connectivity index (χ2v) is 9.99. The first-order chi connectivity index (χ1) is 17.4. The Bertz CT molecular complexity index is 1320. The van der Waals surface area contributed by atoms with E-state index in [1.54, 1.807) is 18.2 Å². The maximum Gasteiger partial charge on any atom is 0.150 e. The molecule has 5 heteroatoms. The van der Waals surface area contributed by atoms with Crippen LogP contribution in [0.1, 0.15) is 55.5 Å². The number of hydrogen-bond acceptors (Lipinski definition) is 5. The van der Waals surface area contributed by atoms with E-state index in [4.69, 9.17) is 9.47 Å². The average Bonchev–Trinajstić information content (AvgIpc) is 3.34. The van der Waals surface area contributed by atoms with Crippen LogP contribution >= 0.6 is 0 Å². The van der Waals surface area contributed by atoms with Gasteiger partial charge in [0, 0.05) is 23.7 Å². The van der Waals surface area contributed by atoms with Crippen molar-refractivity contribution in [3.63, 3.8) is 0 Å². The minimum atomic E-state index is -0.393. The Hall–Kier alpha value is -3.75. The van der Waals surface area contributed by atoms with Crippen LogP contribution in [0.15, 0.2) is 66.7 Å². The zero-order valence-corrected chi connectivity index (χ0v) is 21.1. The molecule has 0 saturated carbocycles. The van der Waals surface area contributed by atoms with E-state index in [0.29, 0.717) is 24.0 Å². The van der Waals surface area contributed by atoms with E-state index in [-0.39, 0.29) is 5.75 Å². The van der Waals surface area contributed by atoms with Crippen molar-refractivity contribution in [2.24, 2.45) is 5.92 Å². The summed E-state index contributed by atoms with van der Waals surface area (Å²) in [5, 5.41) is 19.9. The van der Waals surface area contributed by atoms with E-state index >= 15 is 0 Å². The molecule has 36 heavy (non-hydrogen) atoms. The molecule has 3 atom stereocenters. The topological polar surface area (TPSA) is 65.7 Å². The number of rotatable bonds is 6. The Kier molecular flexibility index (Phi) is 6.71. The van der Waals surface area contributed by atoms with Crippen LogP contribution in [0.4, 0.5) is 0 Å². The second-order valence-electron chi connectivity index (χ2n) is 9.99. The van der Waals surface area contributed by atoms with Crippen molar-refractivity contribution in [3.05, 3.63) is 89.0 Å². The van der Waals surface area contributed by atoms with Crippen molar-refractivity contribution in [1.29, 1.82) is 5.26 Å². The molecule has 3 aromatic carbocycles. The van der Waals surface area contributed by atoms with Crippen LogP contribution in [-0.4, -0.2) is 35.7 Å². The molecule has 0 radical (unpaired) electrons. The van der Waals surface area contributed by atoms with E-state index < -0.39 is 6.10 Å². The molecule has 0 bridgehead atoms. The van der Waals surface area contributed by atoms with Crippen LogP contribution in [0.5, 0.6) is 17.2 Å². The number of likely N-dealkylation sites (tertiary alicyclic amines) is 1. The molecule has 2 aliphatic heterocycles. The molecule has 0 aromatic heterocycles. The zero-order chi connectivity index (χ0) is 25.2. The number of benzene rings is 3. The van der Waals surface area contributed by atoms with E-state index in [2.05, 4.69) is 24.8 Å². The van der Waals surface area contributed by atoms with Gasteiger partial charge in [0.25, 0.3) is 0 Å². The summed E-state index contributed by atoms with van der Waals surface area (Å²) in [5.74, 6) is 2.48. The molecule has 1 saturated heterocycles. The fraction of sp³-hybridized carbons (Fsp3) is 0.323. The van der Waals surface area contributed by atoms with Gasteiger partial charge in [0.15, 0.2) is 0 Å². The summed E-state index contributed by atoms with van der Waals surface area (Å²) in [7, 11) is 0. The third kappa shape index (κ3) is 4.69. The number of ether oxygens (including phenoxy) is 2. The molecule has 5 nitrogen and oxygen atoms in total. The summed E-state index contributed by atoms with van der Waals surface area (Å²) in [6.07, 6.45) is 0.864. The van der Waals surface area contributed by atoms with E-state index in [9.17, 15) is 10.4 Å². The highest BCUT2D eigenvalue weighted by Crippen LogP contribution is 2.48. The largest absolute Gasteiger partial charge is 0.508 e. The molecule has 0 spiro atoms. The highest BCUT2D eigenvalue weighted by Gasteiger charge is 2.31. The summed E-state index contributed by atoms with van der Waals surface area (Å²) in [6, 6.07) is 23.5.